The topological polar surface area (TPSA) is 73.7 Å². The lowest BCUT2D eigenvalue weighted by Gasteiger charge is -2.39. The molecule has 0 bridgehead atoms. The standard InChI is InChI=1S/C20H26N2O3S/c1-13-4-5-16-15(10-13)14(2)11-18(21-16)26-9-6-19(24)22-8-7-20(3,25)17(23)12-22/h4-5,10-11,17,23,25H,6-9,12H2,1-3H3. The first-order chi connectivity index (χ1) is 12.3. The lowest BCUT2D eigenvalue weighted by molar-refractivity contribution is -0.145. The molecule has 0 aliphatic carbocycles. The maximum Gasteiger partial charge on any atom is 0.223 e. The minimum atomic E-state index is -1.10. The van der Waals surface area contributed by atoms with E-state index in [9.17, 15) is 15.0 Å². The fourth-order valence-corrected chi connectivity index (χ4v) is 4.11. The number of likely N-dealkylation sites (tertiary alicyclic amines) is 1. The zero-order valence-electron chi connectivity index (χ0n) is 15.5. The van der Waals surface area contributed by atoms with Crippen molar-refractivity contribution in [3.63, 3.8) is 0 Å². The van der Waals surface area contributed by atoms with Gasteiger partial charge in [-0.05, 0) is 51.0 Å². The Morgan fingerprint density at radius 3 is 2.88 bits per heavy atom. The number of fused-ring (bicyclic) bond motifs is 1. The molecule has 2 heterocycles. The average Bonchev–Trinajstić information content (AvgIpc) is 2.58. The number of hydrogen-bond donors (Lipinski definition) is 2. The zero-order valence-corrected chi connectivity index (χ0v) is 16.3. The van der Waals surface area contributed by atoms with Crippen LogP contribution in [0.4, 0.5) is 0 Å². The van der Waals surface area contributed by atoms with Gasteiger partial charge in [0.15, 0.2) is 0 Å². The maximum absolute atomic E-state index is 12.4. The van der Waals surface area contributed by atoms with Crippen LogP contribution in [0.2, 0.25) is 0 Å². The van der Waals surface area contributed by atoms with Gasteiger partial charge in [0.2, 0.25) is 5.91 Å². The Morgan fingerprint density at radius 1 is 1.38 bits per heavy atom. The quantitative estimate of drug-likeness (QED) is 0.805. The van der Waals surface area contributed by atoms with E-state index in [1.165, 1.54) is 16.5 Å². The minimum absolute atomic E-state index is 0.0141. The van der Waals surface area contributed by atoms with Gasteiger partial charge in [-0.15, -0.1) is 11.8 Å². The number of piperidine rings is 1. The Hall–Kier alpha value is -1.63. The van der Waals surface area contributed by atoms with Crippen LogP contribution < -0.4 is 0 Å². The number of hydrogen-bond acceptors (Lipinski definition) is 5. The van der Waals surface area contributed by atoms with E-state index in [-0.39, 0.29) is 12.5 Å². The second-order valence-electron chi connectivity index (χ2n) is 7.36. The van der Waals surface area contributed by atoms with Crippen LogP contribution in [0.3, 0.4) is 0 Å². The molecule has 2 unspecified atom stereocenters. The zero-order chi connectivity index (χ0) is 18.9. The Kier molecular flexibility index (Phi) is 5.55. The molecule has 140 valence electrons. The highest BCUT2D eigenvalue weighted by molar-refractivity contribution is 7.99. The number of amides is 1. The van der Waals surface area contributed by atoms with Gasteiger partial charge in [-0.25, -0.2) is 4.98 Å². The van der Waals surface area contributed by atoms with Crippen LogP contribution in [0.1, 0.15) is 30.9 Å². The van der Waals surface area contributed by atoms with Crippen molar-refractivity contribution >= 4 is 28.6 Å². The van der Waals surface area contributed by atoms with Crippen molar-refractivity contribution in [1.82, 2.24) is 9.88 Å². The molecular weight excluding hydrogens is 348 g/mol. The summed E-state index contributed by atoms with van der Waals surface area (Å²) in [5.74, 6) is 0.659. The van der Waals surface area contributed by atoms with Gasteiger partial charge in [-0.3, -0.25) is 4.79 Å². The van der Waals surface area contributed by atoms with Crippen molar-refractivity contribution in [3.8, 4) is 0 Å². The number of aliphatic hydroxyl groups is 2. The molecule has 1 fully saturated rings. The van der Waals surface area contributed by atoms with Gasteiger partial charge in [0, 0.05) is 30.6 Å². The molecule has 26 heavy (non-hydrogen) atoms. The molecule has 1 amide bonds. The van der Waals surface area contributed by atoms with E-state index >= 15 is 0 Å². The van der Waals surface area contributed by atoms with E-state index in [4.69, 9.17) is 0 Å². The largest absolute Gasteiger partial charge is 0.388 e. The van der Waals surface area contributed by atoms with Gasteiger partial charge in [-0.1, -0.05) is 11.6 Å². The van der Waals surface area contributed by atoms with Crippen LogP contribution in [0.15, 0.2) is 29.3 Å². The number of aryl methyl sites for hydroxylation is 2. The molecule has 3 rings (SSSR count). The number of thioether (sulfide) groups is 1. The molecule has 2 N–H and O–H groups in total. The lowest BCUT2D eigenvalue weighted by Crippen LogP contribution is -2.55. The summed E-state index contributed by atoms with van der Waals surface area (Å²) in [6.45, 7) is 6.46. The number of carbonyl (C=O) groups is 1. The second-order valence-corrected chi connectivity index (χ2v) is 8.47. The van der Waals surface area contributed by atoms with Gasteiger partial charge >= 0.3 is 0 Å². The van der Waals surface area contributed by atoms with Gasteiger partial charge < -0.3 is 15.1 Å². The molecule has 1 aliphatic heterocycles. The van der Waals surface area contributed by atoms with E-state index in [1.807, 2.05) is 6.07 Å². The summed E-state index contributed by atoms with van der Waals surface area (Å²) in [4.78, 5) is 18.7. The first kappa shape index (κ1) is 19.1. The maximum atomic E-state index is 12.4. The predicted molar refractivity (Wildman–Crippen MR) is 104 cm³/mol. The van der Waals surface area contributed by atoms with Crippen LogP contribution in [0, 0.1) is 13.8 Å². The van der Waals surface area contributed by atoms with Gasteiger partial charge in [-0.2, -0.15) is 0 Å². The van der Waals surface area contributed by atoms with Crippen molar-refractivity contribution in [2.24, 2.45) is 0 Å². The van der Waals surface area contributed by atoms with Crippen molar-refractivity contribution in [2.45, 2.75) is 50.3 Å². The van der Waals surface area contributed by atoms with Crippen LogP contribution in [-0.4, -0.2) is 56.6 Å². The highest BCUT2D eigenvalue weighted by Crippen LogP contribution is 2.26. The van der Waals surface area contributed by atoms with Crippen molar-refractivity contribution < 1.29 is 15.0 Å². The fourth-order valence-electron chi connectivity index (χ4n) is 3.20. The SMILES string of the molecule is Cc1ccc2nc(SCCC(=O)N3CCC(C)(O)C(O)C3)cc(C)c2c1. The molecule has 6 heteroatoms. The van der Waals surface area contributed by atoms with E-state index in [0.29, 0.717) is 25.1 Å². The Balaban J connectivity index is 1.57. The highest BCUT2D eigenvalue weighted by Gasteiger charge is 2.37. The molecule has 1 aromatic carbocycles. The Labute approximate surface area is 158 Å². The number of β-amino-alcohol motifs (C(OH)–C–C–N with tert-alkyl or cyclic N) is 1. The Morgan fingerprint density at radius 2 is 2.15 bits per heavy atom. The van der Waals surface area contributed by atoms with Crippen molar-refractivity contribution in [1.29, 1.82) is 0 Å². The first-order valence-electron chi connectivity index (χ1n) is 8.95. The lowest BCUT2D eigenvalue weighted by atomic mass is 9.91. The summed E-state index contributed by atoms with van der Waals surface area (Å²) in [6.07, 6.45) is -0.0921. The summed E-state index contributed by atoms with van der Waals surface area (Å²) in [5, 5.41) is 22.0. The monoisotopic (exact) mass is 374 g/mol. The third kappa shape index (κ3) is 4.19. The Bertz CT molecular complexity index is 822. The fraction of sp³-hybridized carbons (Fsp3) is 0.500. The molecule has 1 aliphatic rings. The molecule has 0 spiro atoms. The highest BCUT2D eigenvalue weighted by atomic mass is 32.2. The van der Waals surface area contributed by atoms with Gasteiger partial charge in [0.1, 0.15) is 0 Å². The van der Waals surface area contributed by atoms with Gasteiger partial charge in [0.25, 0.3) is 0 Å². The molecule has 0 radical (unpaired) electrons. The molecule has 0 saturated carbocycles. The molecule has 1 saturated heterocycles. The summed E-state index contributed by atoms with van der Waals surface area (Å²) in [5.41, 5.74) is 2.28. The van der Waals surface area contributed by atoms with E-state index in [2.05, 4.69) is 37.0 Å². The number of aromatic nitrogens is 1. The number of pyridine rings is 1. The second kappa shape index (κ2) is 7.55. The van der Waals surface area contributed by atoms with Crippen molar-refractivity contribution in [2.75, 3.05) is 18.8 Å². The van der Waals surface area contributed by atoms with Crippen molar-refractivity contribution in [3.05, 3.63) is 35.4 Å². The van der Waals surface area contributed by atoms with E-state index in [1.54, 1.807) is 23.6 Å². The number of aliphatic hydroxyl groups excluding tert-OH is 1. The predicted octanol–water partition coefficient (Wildman–Crippen LogP) is 2.68. The third-order valence-electron chi connectivity index (χ3n) is 5.07. The van der Waals surface area contributed by atoms with Crippen LogP contribution >= 0.6 is 11.8 Å². The molecule has 5 nitrogen and oxygen atoms in total. The third-order valence-corrected chi connectivity index (χ3v) is 5.98. The van der Waals surface area contributed by atoms with E-state index < -0.39 is 11.7 Å². The normalized spacial score (nSPS) is 23.4. The molecule has 1 aromatic heterocycles. The number of benzene rings is 1. The van der Waals surface area contributed by atoms with Crippen LogP contribution in [-0.2, 0) is 4.79 Å². The first-order valence-corrected chi connectivity index (χ1v) is 9.94. The van der Waals surface area contributed by atoms with Crippen LogP contribution in [0.25, 0.3) is 10.9 Å². The number of carbonyl (C=O) groups excluding carboxylic acids is 1. The molecule has 2 aromatic rings. The summed E-state index contributed by atoms with van der Waals surface area (Å²) in [6, 6.07) is 8.31. The number of rotatable bonds is 4. The van der Waals surface area contributed by atoms with Gasteiger partial charge in [0.05, 0.1) is 22.2 Å². The summed E-state index contributed by atoms with van der Waals surface area (Å²) >= 11 is 1.58. The minimum Gasteiger partial charge on any atom is -0.388 e. The average molecular weight is 375 g/mol. The van der Waals surface area contributed by atoms with E-state index in [0.717, 1.165) is 10.5 Å². The summed E-state index contributed by atoms with van der Waals surface area (Å²) < 4.78 is 0. The number of nitrogens with zero attached hydrogens (tertiary/aromatic N) is 2. The van der Waals surface area contributed by atoms with Crippen LogP contribution in [0.5, 0.6) is 0 Å². The summed E-state index contributed by atoms with van der Waals surface area (Å²) in [7, 11) is 0. The molecule has 2 atom stereocenters. The molecular formula is C20H26N2O3S. The smallest absolute Gasteiger partial charge is 0.223 e.